The summed E-state index contributed by atoms with van der Waals surface area (Å²) in [5.41, 5.74) is 8.10. The molecule has 0 fully saturated rings. The van der Waals surface area contributed by atoms with Crippen LogP contribution in [0.4, 0.5) is 0 Å². The van der Waals surface area contributed by atoms with Crippen molar-refractivity contribution in [2.75, 3.05) is 0 Å². The third kappa shape index (κ3) is 8.86. The number of hydrogen-bond donors (Lipinski definition) is 1. The fourth-order valence-corrected chi connectivity index (χ4v) is 4.68. The summed E-state index contributed by atoms with van der Waals surface area (Å²) in [6, 6.07) is 37.7. The molecule has 5 aromatic rings. The van der Waals surface area contributed by atoms with E-state index in [2.05, 4.69) is 118 Å². The second-order valence-electron chi connectivity index (χ2n) is 12.5. The van der Waals surface area contributed by atoms with Crippen molar-refractivity contribution in [1.82, 2.24) is 4.98 Å². The number of aliphatic hydroxyl groups excluding tert-OH is 1. The van der Waals surface area contributed by atoms with Crippen LogP contribution in [0.2, 0.25) is 0 Å². The number of ketones is 1. The number of aromatic nitrogens is 1. The van der Waals surface area contributed by atoms with Gasteiger partial charge in [-0.3, -0.25) is 9.78 Å². The Balaban J connectivity index is 0.000000380. The Labute approximate surface area is 277 Å². The van der Waals surface area contributed by atoms with Crippen LogP contribution in [-0.2, 0) is 31.3 Å². The first-order valence-electron chi connectivity index (χ1n) is 15.0. The number of carbonyl (C=O) groups is 1. The molecule has 3 nitrogen and oxygen atoms in total. The molecule has 0 atom stereocenters. The number of pyridine rings is 1. The van der Waals surface area contributed by atoms with Crippen LogP contribution in [-0.4, -0.2) is 15.9 Å². The van der Waals surface area contributed by atoms with Crippen molar-refractivity contribution in [2.24, 2.45) is 11.8 Å². The van der Waals surface area contributed by atoms with Gasteiger partial charge in [0.2, 0.25) is 0 Å². The fraction of sp³-hybridized carbons (Fsp3) is 0.250. The van der Waals surface area contributed by atoms with E-state index in [1.807, 2.05) is 40.0 Å². The van der Waals surface area contributed by atoms with Gasteiger partial charge in [-0.05, 0) is 27.7 Å². The van der Waals surface area contributed by atoms with Crippen LogP contribution < -0.4 is 0 Å². The molecule has 1 aromatic heterocycles. The quantitative estimate of drug-likeness (QED) is 0.106. The molecule has 4 heteroatoms. The Morgan fingerprint density at radius 3 is 1.84 bits per heavy atom. The van der Waals surface area contributed by atoms with Gasteiger partial charge < -0.3 is 5.11 Å². The van der Waals surface area contributed by atoms with Gasteiger partial charge >= 0.3 is 0 Å². The molecule has 1 N–H and O–H groups in total. The van der Waals surface area contributed by atoms with Crippen molar-refractivity contribution in [3.8, 4) is 33.5 Å². The van der Waals surface area contributed by atoms with Gasteiger partial charge in [-0.25, -0.2) is 0 Å². The molecule has 0 saturated heterocycles. The van der Waals surface area contributed by atoms with E-state index < -0.39 is 0 Å². The molecule has 0 bridgehead atoms. The van der Waals surface area contributed by atoms with Crippen molar-refractivity contribution < 1.29 is 31.0 Å². The van der Waals surface area contributed by atoms with E-state index in [0.717, 1.165) is 22.2 Å². The average Bonchev–Trinajstić information content (AvgIpc) is 3.01. The summed E-state index contributed by atoms with van der Waals surface area (Å²) in [6.45, 7) is 14.1. The zero-order valence-electron chi connectivity index (χ0n) is 26.7. The molecule has 5 rings (SSSR count). The first-order valence-corrected chi connectivity index (χ1v) is 15.0. The van der Waals surface area contributed by atoms with Crippen LogP contribution in [0.15, 0.2) is 115 Å². The van der Waals surface area contributed by atoms with Crippen LogP contribution >= 0.6 is 0 Å². The van der Waals surface area contributed by atoms with Gasteiger partial charge in [-0.15, -0.1) is 29.1 Å². The van der Waals surface area contributed by atoms with Gasteiger partial charge in [0.05, 0.1) is 5.76 Å². The van der Waals surface area contributed by atoms with Crippen LogP contribution in [0, 0.1) is 17.9 Å². The Morgan fingerprint density at radius 2 is 1.30 bits per heavy atom. The molecule has 1 heterocycles. The first-order chi connectivity index (χ1) is 20.4. The standard InChI is InChI=1S/C31H26N.C9H16O2.Pt/c1-31(2,3)29-20-27(19-25-11-7-8-12-28(25)29)30-18-17-26(21-32-30)24-15-13-23(14-16-24)22-9-5-4-6-10-22;1-6(2)8(10)5-9(11)7(3)4;/h4-18,20-21H,1-3H3;5-7,10H,1-4H3;/q-1;;/b;8-5-;. The Morgan fingerprint density at radius 1 is 0.750 bits per heavy atom. The molecule has 0 radical (unpaired) electrons. The smallest absolute Gasteiger partial charge is 0.161 e. The summed E-state index contributed by atoms with van der Waals surface area (Å²) in [7, 11) is 0. The molecule has 0 amide bonds. The normalized spacial score (nSPS) is 11.6. The number of allylic oxidation sites excluding steroid dienone is 2. The Bertz CT molecular complexity index is 1700. The van der Waals surface area contributed by atoms with E-state index in [1.54, 1.807) is 0 Å². The van der Waals surface area contributed by atoms with Crippen LogP contribution in [0.3, 0.4) is 0 Å². The van der Waals surface area contributed by atoms with Crippen molar-refractivity contribution in [2.45, 2.75) is 53.9 Å². The first kappa shape index (κ1) is 34.7. The van der Waals surface area contributed by atoms with E-state index in [9.17, 15) is 9.90 Å². The summed E-state index contributed by atoms with van der Waals surface area (Å²) in [5, 5.41) is 11.6. The summed E-state index contributed by atoms with van der Waals surface area (Å²) >= 11 is 0. The maximum absolute atomic E-state index is 11.0. The maximum Gasteiger partial charge on any atom is 0.161 e. The van der Waals surface area contributed by atoms with Gasteiger partial charge in [-0.2, -0.15) is 0 Å². The molecule has 4 aromatic carbocycles. The predicted molar refractivity (Wildman–Crippen MR) is 181 cm³/mol. The van der Waals surface area contributed by atoms with Crippen LogP contribution in [0.5, 0.6) is 0 Å². The monoisotopic (exact) mass is 763 g/mol. The largest absolute Gasteiger partial charge is 0.512 e. The van der Waals surface area contributed by atoms with E-state index in [1.165, 1.54) is 33.7 Å². The summed E-state index contributed by atoms with van der Waals surface area (Å²) in [4.78, 5) is 15.8. The third-order valence-corrected chi connectivity index (χ3v) is 7.40. The van der Waals surface area contributed by atoms with Gasteiger partial charge in [0.1, 0.15) is 0 Å². The van der Waals surface area contributed by atoms with Gasteiger partial charge in [0.25, 0.3) is 0 Å². The molecule has 0 aliphatic carbocycles. The maximum atomic E-state index is 11.0. The molecule has 44 heavy (non-hydrogen) atoms. The van der Waals surface area contributed by atoms with Crippen LogP contribution in [0.1, 0.15) is 54.0 Å². The molecular formula is C40H42NO2Pt-. The summed E-state index contributed by atoms with van der Waals surface area (Å²) in [6.07, 6.45) is 3.28. The van der Waals surface area contributed by atoms with Crippen molar-refractivity contribution in [1.29, 1.82) is 0 Å². The van der Waals surface area contributed by atoms with E-state index in [0.29, 0.717) is 0 Å². The average molecular weight is 764 g/mol. The van der Waals surface area contributed by atoms with E-state index in [4.69, 9.17) is 4.98 Å². The third-order valence-electron chi connectivity index (χ3n) is 7.40. The number of benzene rings is 4. The van der Waals surface area contributed by atoms with E-state index in [-0.39, 0.29) is 49.9 Å². The zero-order chi connectivity index (χ0) is 31.1. The van der Waals surface area contributed by atoms with E-state index >= 15 is 0 Å². The second kappa shape index (κ2) is 15.3. The predicted octanol–water partition coefficient (Wildman–Crippen LogP) is 10.6. The molecule has 0 aliphatic heterocycles. The zero-order valence-corrected chi connectivity index (χ0v) is 28.9. The summed E-state index contributed by atoms with van der Waals surface area (Å²) in [5.74, 6) is 0.161. The number of hydrogen-bond acceptors (Lipinski definition) is 3. The van der Waals surface area contributed by atoms with Gasteiger partial charge in [0.15, 0.2) is 5.78 Å². The number of fused-ring (bicyclic) bond motifs is 1. The minimum Gasteiger partial charge on any atom is -0.512 e. The summed E-state index contributed by atoms with van der Waals surface area (Å²) < 4.78 is 0. The second-order valence-corrected chi connectivity index (χ2v) is 12.5. The minimum atomic E-state index is -0.0316. The molecule has 0 aliphatic rings. The Hall–Kier alpha value is -3.81. The number of nitrogens with zero attached hydrogens (tertiary/aromatic N) is 1. The Kier molecular flexibility index (Phi) is 12.0. The van der Waals surface area contributed by atoms with Gasteiger partial charge in [-0.1, -0.05) is 144 Å². The molecule has 0 spiro atoms. The molecule has 230 valence electrons. The molecular weight excluding hydrogens is 722 g/mol. The fourth-order valence-electron chi connectivity index (χ4n) is 4.68. The van der Waals surface area contributed by atoms with Crippen molar-refractivity contribution in [3.63, 3.8) is 0 Å². The van der Waals surface area contributed by atoms with Crippen molar-refractivity contribution in [3.05, 3.63) is 127 Å². The van der Waals surface area contributed by atoms with Gasteiger partial charge in [0, 0.05) is 50.9 Å². The minimum absolute atomic E-state index is 0. The topological polar surface area (TPSA) is 50.2 Å². The van der Waals surface area contributed by atoms with Crippen molar-refractivity contribution >= 4 is 16.6 Å². The number of carbonyl (C=O) groups excluding carboxylic acids is 1. The number of rotatable bonds is 6. The molecule has 0 unspecified atom stereocenters. The number of aliphatic hydroxyl groups is 1. The SMILES string of the molecule is CC(C)(C)c1cc(-c2ccc(-c3ccc(-c4ccccc4)cc3)cn2)[c-]c2ccccc12.CC(C)C(=O)/C=C(\O)C(C)C.[Pt]. The van der Waals surface area contributed by atoms with Crippen LogP contribution in [0.25, 0.3) is 44.3 Å². The molecule has 0 saturated carbocycles.